The number of urea groups is 1. The Morgan fingerprint density at radius 1 is 1.05 bits per heavy atom. The molecule has 1 aliphatic rings. The van der Waals surface area contributed by atoms with Crippen LogP contribution in [0.3, 0.4) is 0 Å². The quantitative estimate of drug-likeness (QED) is 0.301. The van der Waals surface area contributed by atoms with Crippen molar-refractivity contribution in [1.82, 2.24) is 5.32 Å². The Morgan fingerprint density at radius 3 is 2.51 bits per heavy atom. The van der Waals surface area contributed by atoms with Crippen LogP contribution in [0.5, 0.6) is 11.5 Å². The third-order valence-corrected chi connectivity index (χ3v) is 5.61. The SMILES string of the molecule is CCOc1cc(C=C2C(=O)NC(=O)N(c3ccc(Cl)cc3Cl)C2=O)ccc1OCc1ccc(C(=O)O)o1. The van der Waals surface area contributed by atoms with Gasteiger partial charge in [0.05, 0.1) is 17.3 Å². The number of benzene rings is 2. The van der Waals surface area contributed by atoms with Gasteiger partial charge in [-0.15, -0.1) is 0 Å². The van der Waals surface area contributed by atoms with E-state index in [-0.39, 0.29) is 35.3 Å². The predicted molar refractivity (Wildman–Crippen MR) is 133 cm³/mol. The van der Waals surface area contributed by atoms with Crippen LogP contribution in [0.2, 0.25) is 10.0 Å². The monoisotopic (exact) mass is 544 g/mol. The Bertz CT molecular complexity index is 1450. The topological polar surface area (TPSA) is 135 Å². The van der Waals surface area contributed by atoms with E-state index in [1.807, 2.05) is 0 Å². The molecule has 1 aliphatic heterocycles. The number of hydrogen-bond donors (Lipinski definition) is 2. The molecule has 4 amide bonds. The first-order valence-electron chi connectivity index (χ1n) is 10.8. The van der Waals surface area contributed by atoms with Gasteiger partial charge in [0, 0.05) is 5.02 Å². The van der Waals surface area contributed by atoms with Crippen LogP contribution >= 0.6 is 23.2 Å². The van der Waals surface area contributed by atoms with Crippen LogP contribution in [0.4, 0.5) is 10.5 Å². The van der Waals surface area contributed by atoms with E-state index in [2.05, 4.69) is 5.32 Å². The molecule has 1 aromatic heterocycles. The summed E-state index contributed by atoms with van der Waals surface area (Å²) in [6.45, 7) is 1.99. The Hall–Kier alpha value is -4.28. The maximum absolute atomic E-state index is 13.2. The maximum atomic E-state index is 13.2. The van der Waals surface area contributed by atoms with Crippen LogP contribution in [0, 0.1) is 0 Å². The third kappa shape index (κ3) is 5.60. The first kappa shape index (κ1) is 25.8. The van der Waals surface area contributed by atoms with E-state index >= 15 is 0 Å². The zero-order valence-electron chi connectivity index (χ0n) is 19.1. The summed E-state index contributed by atoms with van der Waals surface area (Å²) in [4.78, 5) is 49.8. The number of carboxylic acid groups (broad SMARTS) is 1. The summed E-state index contributed by atoms with van der Waals surface area (Å²) in [6.07, 6.45) is 1.30. The van der Waals surface area contributed by atoms with Gasteiger partial charge in [-0.25, -0.2) is 14.5 Å². The van der Waals surface area contributed by atoms with Crippen LogP contribution in [-0.2, 0) is 16.2 Å². The van der Waals surface area contributed by atoms with Crippen molar-refractivity contribution >= 4 is 58.8 Å². The highest BCUT2D eigenvalue weighted by molar-refractivity contribution is 6.42. The van der Waals surface area contributed by atoms with Crippen LogP contribution in [0.1, 0.15) is 28.8 Å². The zero-order chi connectivity index (χ0) is 26.7. The number of amides is 4. The molecule has 190 valence electrons. The zero-order valence-corrected chi connectivity index (χ0v) is 20.6. The minimum atomic E-state index is -1.20. The number of anilines is 1. The number of nitrogens with one attached hydrogen (secondary N) is 1. The molecule has 4 rings (SSSR count). The summed E-state index contributed by atoms with van der Waals surface area (Å²) in [7, 11) is 0. The van der Waals surface area contributed by atoms with Gasteiger partial charge in [-0.1, -0.05) is 29.3 Å². The highest BCUT2D eigenvalue weighted by Crippen LogP contribution is 2.33. The average molecular weight is 545 g/mol. The molecule has 0 unspecified atom stereocenters. The number of furan rings is 1. The van der Waals surface area contributed by atoms with Crippen molar-refractivity contribution in [3.8, 4) is 11.5 Å². The number of rotatable bonds is 8. The Labute approximate surface area is 220 Å². The van der Waals surface area contributed by atoms with E-state index in [0.717, 1.165) is 4.90 Å². The molecule has 10 nitrogen and oxygen atoms in total. The summed E-state index contributed by atoms with van der Waals surface area (Å²) in [5.41, 5.74) is 0.171. The molecule has 12 heteroatoms. The molecule has 0 bridgehead atoms. The van der Waals surface area contributed by atoms with Crippen molar-refractivity contribution < 1.29 is 38.2 Å². The summed E-state index contributed by atoms with van der Waals surface area (Å²) in [5.74, 6) is -2.24. The van der Waals surface area contributed by atoms with Gasteiger partial charge in [0.1, 0.15) is 17.9 Å². The van der Waals surface area contributed by atoms with Gasteiger partial charge >= 0.3 is 12.0 Å². The van der Waals surface area contributed by atoms with Crippen molar-refractivity contribution in [3.05, 3.63) is 81.2 Å². The van der Waals surface area contributed by atoms with Crippen LogP contribution in [0.25, 0.3) is 6.08 Å². The van der Waals surface area contributed by atoms with Gasteiger partial charge in [-0.3, -0.25) is 14.9 Å². The van der Waals surface area contributed by atoms with Crippen molar-refractivity contribution in [2.24, 2.45) is 0 Å². The number of imide groups is 2. The van der Waals surface area contributed by atoms with E-state index in [0.29, 0.717) is 27.8 Å². The Balaban J connectivity index is 1.61. The van der Waals surface area contributed by atoms with Gasteiger partial charge in [-0.05, 0) is 61.0 Å². The minimum absolute atomic E-state index is 0.0527. The lowest BCUT2D eigenvalue weighted by atomic mass is 10.1. The van der Waals surface area contributed by atoms with E-state index < -0.39 is 23.8 Å². The van der Waals surface area contributed by atoms with E-state index in [9.17, 15) is 19.2 Å². The molecule has 2 aromatic carbocycles. The molecule has 0 saturated carbocycles. The molecule has 0 radical (unpaired) electrons. The van der Waals surface area contributed by atoms with Gasteiger partial charge in [0.15, 0.2) is 11.5 Å². The Morgan fingerprint density at radius 2 is 1.84 bits per heavy atom. The lowest BCUT2D eigenvalue weighted by Gasteiger charge is -2.27. The highest BCUT2D eigenvalue weighted by atomic mass is 35.5. The molecule has 1 fully saturated rings. The smallest absolute Gasteiger partial charge is 0.371 e. The number of carbonyl (C=O) groups excluding carboxylic acids is 3. The van der Waals surface area contributed by atoms with Crippen LogP contribution in [-0.4, -0.2) is 35.5 Å². The minimum Gasteiger partial charge on any atom is -0.490 e. The molecule has 0 atom stereocenters. The van der Waals surface area contributed by atoms with Gasteiger partial charge in [0.25, 0.3) is 11.8 Å². The standard InChI is InChI=1S/C25H18Cl2N2O8/c1-2-35-21-10-13(3-7-19(21)36-12-15-5-8-20(37-15)24(32)33)9-16-22(30)28-25(34)29(23(16)31)18-6-4-14(26)11-17(18)27/h3-11H,2,12H2,1H3,(H,32,33)(H,28,30,34). The van der Waals surface area contributed by atoms with Gasteiger partial charge < -0.3 is 19.0 Å². The average Bonchev–Trinajstić information content (AvgIpc) is 3.32. The number of carbonyl (C=O) groups is 4. The van der Waals surface area contributed by atoms with Crippen molar-refractivity contribution in [2.45, 2.75) is 13.5 Å². The number of barbiturate groups is 1. The molecule has 2 N–H and O–H groups in total. The number of ether oxygens (including phenoxy) is 2. The molecule has 0 spiro atoms. The predicted octanol–water partition coefficient (Wildman–Crippen LogP) is 4.93. The summed E-state index contributed by atoms with van der Waals surface area (Å²) in [6, 6.07) is 10.8. The summed E-state index contributed by atoms with van der Waals surface area (Å²) < 4.78 is 16.5. The van der Waals surface area contributed by atoms with Crippen molar-refractivity contribution in [3.63, 3.8) is 0 Å². The number of carboxylic acids is 1. The van der Waals surface area contributed by atoms with Gasteiger partial charge in [0.2, 0.25) is 5.76 Å². The largest absolute Gasteiger partial charge is 0.490 e. The summed E-state index contributed by atoms with van der Waals surface area (Å²) in [5, 5.41) is 11.5. The fourth-order valence-electron chi connectivity index (χ4n) is 3.43. The fraction of sp³-hybridized carbons (Fsp3) is 0.120. The number of nitrogens with zero attached hydrogens (tertiary/aromatic N) is 1. The van der Waals surface area contributed by atoms with Crippen molar-refractivity contribution in [2.75, 3.05) is 11.5 Å². The lowest BCUT2D eigenvalue weighted by molar-refractivity contribution is -0.122. The normalized spacial score (nSPS) is 14.6. The number of aromatic carboxylic acids is 1. The summed E-state index contributed by atoms with van der Waals surface area (Å²) >= 11 is 12.1. The van der Waals surface area contributed by atoms with Crippen molar-refractivity contribution in [1.29, 1.82) is 0 Å². The molecular weight excluding hydrogens is 527 g/mol. The van der Waals surface area contributed by atoms with E-state index in [1.54, 1.807) is 25.1 Å². The van der Waals surface area contributed by atoms with E-state index in [4.69, 9.17) is 42.2 Å². The first-order chi connectivity index (χ1) is 17.7. The second kappa shape index (κ2) is 10.8. The van der Waals surface area contributed by atoms with Gasteiger partial charge in [-0.2, -0.15) is 0 Å². The number of halogens is 2. The number of hydrogen-bond acceptors (Lipinski definition) is 7. The highest BCUT2D eigenvalue weighted by Gasteiger charge is 2.37. The first-order valence-corrected chi connectivity index (χ1v) is 11.5. The van der Waals surface area contributed by atoms with E-state index in [1.165, 1.54) is 36.4 Å². The van der Waals surface area contributed by atoms with Crippen LogP contribution in [0.15, 0.2) is 58.5 Å². The molecule has 3 aromatic rings. The molecule has 37 heavy (non-hydrogen) atoms. The molecule has 1 saturated heterocycles. The second-order valence-corrected chi connectivity index (χ2v) is 8.40. The molecule has 2 heterocycles. The second-order valence-electron chi connectivity index (χ2n) is 7.55. The molecule has 0 aliphatic carbocycles. The fourth-order valence-corrected chi connectivity index (χ4v) is 3.92. The lowest BCUT2D eigenvalue weighted by Crippen LogP contribution is -2.54. The third-order valence-electron chi connectivity index (χ3n) is 5.07. The molecular formula is C25H18Cl2N2O8. The maximum Gasteiger partial charge on any atom is 0.371 e. The van der Waals surface area contributed by atoms with Crippen LogP contribution < -0.4 is 19.7 Å². The Kier molecular flexibility index (Phi) is 7.51.